The van der Waals surface area contributed by atoms with Crippen LogP contribution < -0.4 is 5.32 Å². The Morgan fingerprint density at radius 1 is 1.69 bits per heavy atom. The highest BCUT2D eigenvalue weighted by Crippen LogP contribution is 2.19. The van der Waals surface area contributed by atoms with Gasteiger partial charge in [-0.05, 0) is 28.7 Å². The number of aliphatic hydroxyl groups is 1. The van der Waals surface area contributed by atoms with Crippen LogP contribution in [0.2, 0.25) is 0 Å². The summed E-state index contributed by atoms with van der Waals surface area (Å²) in [6, 6.07) is 1.75. The first-order valence-electron chi connectivity index (χ1n) is 4.99. The molecular weight excluding hydrogens is 339 g/mol. The van der Waals surface area contributed by atoms with E-state index >= 15 is 0 Å². The number of thiophene rings is 1. The van der Waals surface area contributed by atoms with Crippen LogP contribution in [-0.2, 0) is 0 Å². The van der Waals surface area contributed by atoms with Gasteiger partial charge in [0.25, 0.3) is 5.91 Å². The highest BCUT2D eigenvalue weighted by Gasteiger charge is 2.31. The van der Waals surface area contributed by atoms with E-state index in [9.17, 15) is 9.90 Å². The monoisotopic (exact) mass is 352 g/mol. The fourth-order valence-corrected chi connectivity index (χ4v) is 3.14. The number of carbonyl (C=O) groups excluding carboxylic acids is 1. The number of hydrogen-bond donors (Lipinski definition) is 2. The lowest BCUT2D eigenvalue weighted by Gasteiger charge is -2.26. The molecule has 2 N–H and O–H groups in total. The smallest absolute Gasteiger partial charge is 0.254 e. The molecule has 2 heterocycles. The van der Waals surface area contributed by atoms with Gasteiger partial charge in [0.2, 0.25) is 0 Å². The standard InChI is InChI=1S/C10H13IN2O2S/c1-13(7-3-12-4-8(7)14)10(15)6-2-9(11)16-5-6/h2,5,7-8,12,14H,3-4H2,1H3/t7-,8-/m0/s1. The van der Waals surface area contributed by atoms with E-state index in [1.807, 2.05) is 11.4 Å². The molecule has 1 aromatic heterocycles. The van der Waals surface area contributed by atoms with Gasteiger partial charge in [0.05, 0.1) is 20.6 Å². The molecule has 1 saturated heterocycles. The maximum absolute atomic E-state index is 12.1. The number of nitrogens with one attached hydrogen (secondary N) is 1. The molecule has 0 saturated carbocycles. The normalized spacial score (nSPS) is 24.7. The molecule has 0 aromatic carbocycles. The number of rotatable bonds is 2. The summed E-state index contributed by atoms with van der Waals surface area (Å²) < 4.78 is 1.10. The fourth-order valence-electron chi connectivity index (χ4n) is 1.82. The van der Waals surface area contributed by atoms with Crippen LogP contribution in [0.1, 0.15) is 10.4 Å². The van der Waals surface area contributed by atoms with E-state index in [0.29, 0.717) is 18.7 Å². The topological polar surface area (TPSA) is 52.6 Å². The molecule has 0 radical (unpaired) electrons. The second-order valence-electron chi connectivity index (χ2n) is 3.85. The lowest BCUT2D eigenvalue weighted by Crippen LogP contribution is -2.44. The van der Waals surface area contributed by atoms with Gasteiger partial charge >= 0.3 is 0 Å². The molecule has 1 aromatic rings. The third-order valence-electron chi connectivity index (χ3n) is 2.78. The molecule has 88 valence electrons. The lowest BCUT2D eigenvalue weighted by atomic mass is 10.1. The van der Waals surface area contributed by atoms with Crippen molar-refractivity contribution in [3.8, 4) is 0 Å². The second kappa shape index (κ2) is 4.99. The number of β-amino-alcohol motifs (C(OH)–C–C–N with tert-alkyl or cyclic N) is 1. The van der Waals surface area contributed by atoms with Crippen molar-refractivity contribution >= 4 is 39.8 Å². The Hall–Kier alpha value is -0.180. The molecule has 0 spiro atoms. The van der Waals surface area contributed by atoms with Gasteiger partial charge < -0.3 is 15.3 Å². The number of likely N-dealkylation sites (N-methyl/N-ethyl adjacent to an activating group) is 1. The molecule has 0 unspecified atom stereocenters. The van der Waals surface area contributed by atoms with Crippen LogP contribution in [0.25, 0.3) is 0 Å². The minimum absolute atomic E-state index is 0.0214. The number of aliphatic hydroxyl groups excluding tert-OH is 1. The molecule has 1 amide bonds. The molecule has 6 heteroatoms. The van der Waals surface area contributed by atoms with Crippen molar-refractivity contribution in [2.45, 2.75) is 12.1 Å². The van der Waals surface area contributed by atoms with Crippen molar-refractivity contribution in [3.63, 3.8) is 0 Å². The maximum atomic E-state index is 12.1. The Morgan fingerprint density at radius 3 is 2.94 bits per heavy atom. The van der Waals surface area contributed by atoms with Crippen LogP contribution >= 0.6 is 33.9 Å². The SMILES string of the molecule is CN(C(=O)c1csc(I)c1)[C@H]1CNC[C@@H]1O. The van der Waals surface area contributed by atoms with Gasteiger partial charge in [-0.1, -0.05) is 0 Å². The zero-order valence-electron chi connectivity index (χ0n) is 8.81. The molecule has 4 nitrogen and oxygen atoms in total. The number of halogens is 1. The number of hydrogen-bond acceptors (Lipinski definition) is 4. The Labute approximate surface area is 112 Å². The molecule has 1 fully saturated rings. The highest BCUT2D eigenvalue weighted by molar-refractivity contribution is 14.1. The zero-order valence-corrected chi connectivity index (χ0v) is 11.8. The molecule has 16 heavy (non-hydrogen) atoms. The Kier molecular flexibility index (Phi) is 3.83. The van der Waals surface area contributed by atoms with Crippen molar-refractivity contribution in [3.05, 3.63) is 19.9 Å². The molecule has 0 bridgehead atoms. The quantitative estimate of drug-likeness (QED) is 0.773. The fraction of sp³-hybridized carbons (Fsp3) is 0.500. The summed E-state index contributed by atoms with van der Waals surface area (Å²) in [6.07, 6.45) is -0.466. The maximum Gasteiger partial charge on any atom is 0.254 e. The van der Waals surface area contributed by atoms with Crippen LogP contribution in [0.15, 0.2) is 11.4 Å². The van der Waals surface area contributed by atoms with Gasteiger partial charge in [-0.3, -0.25) is 4.79 Å². The molecule has 2 rings (SSSR count). The van der Waals surface area contributed by atoms with E-state index in [1.54, 1.807) is 23.3 Å². The third-order valence-corrected chi connectivity index (χ3v) is 4.57. The van der Waals surface area contributed by atoms with Gasteiger partial charge in [0.15, 0.2) is 0 Å². The molecule has 1 aliphatic rings. The van der Waals surface area contributed by atoms with Gasteiger partial charge in [0.1, 0.15) is 0 Å². The minimum atomic E-state index is -0.466. The van der Waals surface area contributed by atoms with Crippen LogP contribution in [0.4, 0.5) is 0 Å². The van der Waals surface area contributed by atoms with Crippen molar-refractivity contribution in [1.82, 2.24) is 10.2 Å². The van der Waals surface area contributed by atoms with Gasteiger partial charge in [-0.2, -0.15) is 0 Å². The van der Waals surface area contributed by atoms with Gasteiger partial charge in [-0.25, -0.2) is 0 Å². The average molecular weight is 352 g/mol. The van der Waals surface area contributed by atoms with Crippen LogP contribution in [0.3, 0.4) is 0 Å². The molecular formula is C10H13IN2O2S. The Balaban J connectivity index is 2.10. The van der Waals surface area contributed by atoms with Crippen molar-refractivity contribution in [2.75, 3.05) is 20.1 Å². The van der Waals surface area contributed by atoms with E-state index in [-0.39, 0.29) is 11.9 Å². The number of carbonyl (C=O) groups is 1. The van der Waals surface area contributed by atoms with E-state index < -0.39 is 6.10 Å². The largest absolute Gasteiger partial charge is 0.390 e. The first-order chi connectivity index (χ1) is 7.59. The number of amides is 1. The summed E-state index contributed by atoms with van der Waals surface area (Å²) in [4.78, 5) is 13.7. The number of nitrogens with zero attached hydrogens (tertiary/aromatic N) is 1. The summed E-state index contributed by atoms with van der Waals surface area (Å²) in [5.74, 6) is -0.0214. The third kappa shape index (κ3) is 2.39. The highest BCUT2D eigenvalue weighted by atomic mass is 127. The summed E-state index contributed by atoms with van der Waals surface area (Å²) in [7, 11) is 1.74. The van der Waals surface area contributed by atoms with Crippen molar-refractivity contribution < 1.29 is 9.90 Å². The first-order valence-corrected chi connectivity index (χ1v) is 6.95. The predicted octanol–water partition coefficient (Wildman–Crippen LogP) is 0.757. The van der Waals surface area contributed by atoms with E-state index in [1.165, 1.54) is 0 Å². The summed E-state index contributed by atoms with van der Waals surface area (Å²) in [6.45, 7) is 1.22. The lowest BCUT2D eigenvalue weighted by molar-refractivity contribution is 0.0581. The Bertz CT molecular complexity index is 396. The molecule has 1 aliphatic heterocycles. The van der Waals surface area contributed by atoms with Crippen LogP contribution in [0.5, 0.6) is 0 Å². The summed E-state index contributed by atoms with van der Waals surface area (Å²) >= 11 is 3.75. The molecule has 0 aliphatic carbocycles. The van der Waals surface area contributed by atoms with Crippen molar-refractivity contribution in [2.24, 2.45) is 0 Å². The second-order valence-corrected chi connectivity index (χ2v) is 6.65. The van der Waals surface area contributed by atoms with E-state index in [2.05, 4.69) is 27.9 Å². The van der Waals surface area contributed by atoms with Gasteiger partial charge in [0, 0.05) is 25.5 Å². The first kappa shape index (κ1) is 12.3. The Morgan fingerprint density at radius 2 is 2.44 bits per heavy atom. The molecule has 2 atom stereocenters. The van der Waals surface area contributed by atoms with Crippen LogP contribution in [-0.4, -0.2) is 48.2 Å². The van der Waals surface area contributed by atoms with Crippen molar-refractivity contribution in [1.29, 1.82) is 0 Å². The van der Waals surface area contributed by atoms with Gasteiger partial charge in [-0.15, -0.1) is 11.3 Å². The van der Waals surface area contributed by atoms with E-state index in [4.69, 9.17) is 0 Å². The summed E-state index contributed by atoms with van der Waals surface area (Å²) in [5.41, 5.74) is 0.705. The minimum Gasteiger partial charge on any atom is -0.390 e. The summed E-state index contributed by atoms with van der Waals surface area (Å²) in [5, 5.41) is 14.6. The van der Waals surface area contributed by atoms with E-state index in [0.717, 1.165) is 2.88 Å². The average Bonchev–Trinajstić information content (AvgIpc) is 2.85. The zero-order chi connectivity index (χ0) is 11.7. The predicted molar refractivity (Wildman–Crippen MR) is 71.8 cm³/mol. The van der Waals surface area contributed by atoms with Crippen LogP contribution in [0, 0.1) is 2.88 Å².